The zero-order valence-corrected chi connectivity index (χ0v) is 15.5. The molecule has 1 saturated heterocycles. The van der Waals surface area contributed by atoms with E-state index in [0.717, 1.165) is 54.6 Å². The smallest absolute Gasteiger partial charge is 0.167 e. The maximum atomic E-state index is 13.0. The van der Waals surface area contributed by atoms with E-state index in [4.69, 9.17) is 4.74 Å². The first-order chi connectivity index (χ1) is 12.2. The summed E-state index contributed by atoms with van der Waals surface area (Å²) in [5.41, 5.74) is 0.845. The highest BCUT2D eigenvalue weighted by Gasteiger charge is 2.26. The van der Waals surface area contributed by atoms with E-state index in [0.29, 0.717) is 5.78 Å². The molecule has 1 aliphatic rings. The Kier molecular flexibility index (Phi) is 6.09. The van der Waals surface area contributed by atoms with E-state index in [1.807, 2.05) is 36.4 Å². The number of carbonyl (C=O) groups excluding carboxylic acids is 1. The summed E-state index contributed by atoms with van der Waals surface area (Å²) in [6.45, 7) is 5.43. The summed E-state index contributed by atoms with van der Waals surface area (Å²) in [4.78, 5) is 15.5. The summed E-state index contributed by atoms with van der Waals surface area (Å²) >= 11 is 0. The third-order valence-electron chi connectivity index (χ3n) is 5.29. The van der Waals surface area contributed by atoms with Gasteiger partial charge >= 0.3 is 0 Å². The summed E-state index contributed by atoms with van der Waals surface area (Å²) in [5, 5.41) is 2.21. The fraction of sp³-hybridized carbons (Fsp3) is 0.500. The van der Waals surface area contributed by atoms with Crippen molar-refractivity contribution in [1.82, 2.24) is 4.90 Å². The number of ether oxygens (including phenoxy) is 1. The average molecular weight is 339 g/mol. The predicted octanol–water partition coefficient (Wildman–Crippen LogP) is 4.93. The van der Waals surface area contributed by atoms with Crippen molar-refractivity contribution in [1.29, 1.82) is 0 Å². The van der Waals surface area contributed by atoms with Gasteiger partial charge in [-0.2, -0.15) is 0 Å². The lowest BCUT2D eigenvalue weighted by Crippen LogP contribution is -2.39. The molecule has 0 aromatic heterocycles. The molecular formula is C22H29NO2. The van der Waals surface area contributed by atoms with Crippen LogP contribution in [0.25, 0.3) is 10.8 Å². The lowest BCUT2D eigenvalue weighted by atomic mass is 9.89. The standard InChI is InChI=1S/C22H29NO2/c1-3-4-5-12-23-13-6-7-20(16-23)22(24)19-9-8-18-15-21(25-2)11-10-17(18)14-19/h8-11,14-15,20H,3-7,12-13,16H2,1-2H3/t20-/m0/s1. The SMILES string of the molecule is CCCCCN1CCC[C@H](C(=O)c2ccc3cc(OC)ccc3c2)C1. The number of hydrogen-bond donors (Lipinski definition) is 0. The number of unbranched alkanes of at least 4 members (excludes halogenated alkanes) is 2. The van der Waals surface area contributed by atoms with Gasteiger partial charge in [0.1, 0.15) is 5.75 Å². The summed E-state index contributed by atoms with van der Waals surface area (Å²) < 4.78 is 5.27. The first-order valence-electron chi connectivity index (χ1n) is 9.55. The van der Waals surface area contributed by atoms with Gasteiger partial charge in [0, 0.05) is 18.0 Å². The molecule has 1 fully saturated rings. The summed E-state index contributed by atoms with van der Waals surface area (Å²) in [6, 6.07) is 12.0. The van der Waals surface area contributed by atoms with Crippen LogP contribution in [-0.2, 0) is 0 Å². The molecule has 1 atom stereocenters. The molecule has 3 nitrogen and oxygen atoms in total. The van der Waals surface area contributed by atoms with Crippen LogP contribution in [0, 0.1) is 5.92 Å². The Bertz CT molecular complexity index is 725. The number of likely N-dealkylation sites (tertiary alicyclic amines) is 1. The second kappa shape index (κ2) is 8.48. The van der Waals surface area contributed by atoms with Crippen LogP contribution in [-0.4, -0.2) is 37.4 Å². The van der Waals surface area contributed by atoms with Crippen molar-refractivity contribution in [3.63, 3.8) is 0 Å². The number of benzene rings is 2. The van der Waals surface area contributed by atoms with Gasteiger partial charge in [-0.25, -0.2) is 0 Å². The molecule has 0 saturated carbocycles. The number of hydrogen-bond acceptors (Lipinski definition) is 3. The largest absolute Gasteiger partial charge is 0.497 e. The van der Waals surface area contributed by atoms with E-state index >= 15 is 0 Å². The Morgan fingerprint density at radius 2 is 1.96 bits per heavy atom. The molecule has 25 heavy (non-hydrogen) atoms. The minimum atomic E-state index is 0.145. The highest BCUT2D eigenvalue weighted by Crippen LogP contribution is 2.25. The van der Waals surface area contributed by atoms with Gasteiger partial charge in [-0.1, -0.05) is 38.0 Å². The number of carbonyl (C=O) groups is 1. The van der Waals surface area contributed by atoms with Crippen LogP contribution in [0.1, 0.15) is 49.4 Å². The van der Waals surface area contributed by atoms with Crippen LogP contribution < -0.4 is 4.74 Å². The molecule has 0 N–H and O–H groups in total. The molecule has 3 heteroatoms. The summed E-state index contributed by atoms with van der Waals surface area (Å²) in [5.74, 6) is 1.30. The van der Waals surface area contributed by atoms with E-state index in [9.17, 15) is 4.79 Å². The van der Waals surface area contributed by atoms with Crippen molar-refractivity contribution in [2.45, 2.75) is 39.0 Å². The third kappa shape index (κ3) is 4.40. The zero-order chi connectivity index (χ0) is 17.6. The first kappa shape index (κ1) is 17.9. The quantitative estimate of drug-likeness (QED) is 0.529. The van der Waals surface area contributed by atoms with Gasteiger partial charge in [0.05, 0.1) is 7.11 Å². The number of fused-ring (bicyclic) bond motifs is 1. The van der Waals surface area contributed by atoms with Crippen LogP contribution in [0.15, 0.2) is 36.4 Å². The molecule has 3 rings (SSSR count). The fourth-order valence-corrected chi connectivity index (χ4v) is 3.80. The zero-order valence-electron chi connectivity index (χ0n) is 15.5. The molecule has 2 aromatic carbocycles. The highest BCUT2D eigenvalue weighted by atomic mass is 16.5. The van der Waals surface area contributed by atoms with Gasteiger partial charge in [-0.05, 0) is 61.3 Å². The molecular weight excluding hydrogens is 310 g/mol. The average Bonchev–Trinajstić information content (AvgIpc) is 2.67. The van der Waals surface area contributed by atoms with Crippen molar-refractivity contribution in [3.05, 3.63) is 42.0 Å². The second-order valence-electron chi connectivity index (χ2n) is 7.14. The molecule has 0 unspecified atom stereocenters. The minimum Gasteiger partial charge on any atom is -0.497 e. The second-order valence-corrected chi connectivity index (χ2v) is 7.14. The highest BCUT2D eigenvalue weighted by molar-refractivity contribution is 6.01. The van der Waals surface area contributed by atoms with Gasteiger partial charge in [-0.15, -0.1) is 0 Å². The van der Waals surface area contributed by atoms with E-state index in [1.165, 1.54) is 19.3 Å². The Hall–Kier alpha value is -1.87. The summed E-state index contributed by atoms with van der Waals surface area (Å²) in [6.07, 6.45) is 5.92. The monoisotopic (exact) mass is 339 g/mol. The summed E-state index contributed by atoms with van der Waals surface area (Å²) in [7, 11) is 1.68. The minimum absolute atomic E-state index is 0.145. The fourth-order valence-electron chi connectivity index (χ4n) is 3.80. The molecule has 1 aliphatic heterocycles. The normalized spacial score (nSPS) is 18.4. The molecule has 0 amide bonds. The Labute approximate surface area is 151 Å². The van der Waals surface area contributed by atoms with E-state index in [2.05, 4.69) is 11.8 Å². The molecule has 0 radical (unpaired) electrons. The topological polar surface area (TPSA) is 29.5 Å². The lowest BCUT2D eigenvalue weighted by molar-refractivity contribution is 0.0818. The Balaban J connectivity index is 1.70. The molecule has 134 valence electrons. The number of methoxy groups -OCH3 is 1. The first-order valence-corrected chi connectivity index (χ1v) is 9.55. The Morgan fingerprint density at radius 1 is 1.16 bits per heavy atom. The maximum absolute atomic E-state index is 13.0. The van der Waals surface area contributed by atoms with Gasteiger partial charge < -0.3 is 9.64 Å². The van der Waals surface area contributed by atoms with Crippen LogP contribution in [0.5, 0.6) is 5.75 Å². The van der Waals surface area contributed by atoms with Crippen LogP contribution >= 0.6 is 0 Å². The number of rotatable bonds is 7. The van der Waals surface area contributed by atoms with Crippen molar-refractivity contribution < 1.29 is 9.53 Å². The molecule has 2 aromatic rings. The van der Waals surface area contributed by atoms with Crippen molar-refractivity contribution in [3.8, 4) is 5.75 Å². The number of nitrogens with zero attached hydrogens (tertiary/aromatic N) is 1. The Morgan fingerprint density at radius 3 is 2.76 bits per heavy atom. The van der Waals surface area contributed by atoms with E-state index in [-0.39, 0.29) is 5.92 Å². The lowest BCUT2D eigenvalue weighted by Gasteiger charge is -2.32. The van der Waals surface area contributed by atoms with Crippen molar-refractivity contribution >= 4 is 16.6 Å². The van der Waals surface area contributed by atoms with Crippen LogP contribution in [0.4, 0.5) is 0 Å². The van der Waals surface area contributed by atoms with E-state index in [1.54, 1.807) is 7.11 Å². The number of ketones is 1. The maximum Gasteiger partial charge on any atom is 0.167 e. The van der Waals surface area contributed by atoms with Gasteiger partial charge in [-0.3, -0.25) is 4.79 Å². The molecule has 0 spiro atoms. The van der Waals surface area contributed by atoms with Crippen LogP contribution in [0.2, 0.25) is 0 Å². The molecule has 0 aliphatic carbocycles. The van der Waals surface area contributed by atoms with E-state index < -0.39 is 0 Å². The van der Waals surface area contributed by atoms with Crippen molar-refractivity contribution in [2.75, 3.05) is 26.7 Å². The number of Topliss-reactive ketones (excluding diaryl/α,β-unsaturated/α-hetero) is 1. The third-order valence-corrected chi connectivity index (χ3v) is 5.29. The van der Waals surface area contributed by atoms with Gasteiger partial charge in [0.25, 0.3) is 0 Å². The van der Waals surface area contributed by atoms with Gasteiger partial charge in [0.2, 0.25) is 0 Å². The van der Waals surface area contributed by atoms with Gasteiger partial charge in [0.15, 0.2) is 5.78 Å². The molecule has 0 bridgehead atoms. The van der Waals surface area contributed by atoms with Crippen LogP contribution in [0.3, 0.4) is 0 Å². The predicted molar refractivity (Wildman–Crippen MR) is 104 cm³/mol. The molecule has 1 heterocycles. The number of piperidine rings is 1. The van der Waals surface area contributed by atoms with Crippen molar-refractivity contribution in [2.24, 2.45) is 5.92 Å².